The van der Waals surface area contributed by atoms with Gasteiger partial charge in [0.25, 0.3) is 11.5 Å². The first kappa shape index (κ1) is 21.9. The number of carbonyl (C=O) groups is 1. The molecule has 178 valence electrons. The molecule has 3 aromatic heterocycles. The molecule has 0 aliphatic carbocycles. The number of amides is 1. The number of benzene rings is 3. The number of nitrogens with one attached hydrogen (secondary N) is 1. The zero-order chi connectivity index (χ0) is 24.8. The van der Waals surface area contributed by atoms with Gasteiger partial charge in [0.2, 0.25) is 0 Å². The second kappa shape index (κ2) is 8.53. The Morgan fingerprint density at radius 1 is 0.917 bits per heavy atom. The normalized spacial score (nSPS) is 11.5. The van der Waals surface area contributed by atoms with Crippen molar-refractivity contribution in [3.63, 3.8) is 0 Å². The molecule has 6 aromatic rings. The molecule has 0 radical (unpaired) electrons. The van der Waals surface area contributed by atoms with E-state index in [1.807, 2.05) is 54.6 Å². The molecule has 0 unspecified atom stereocenters. The third-order valence-corrected chi connectivity index (χ3v) is 6.64. The maximum absolute atomic E-state index is 13.8. The van der Waals surface area contributed by atoms with E-state index in [2.05, 4.69) is 5.32 Å². The summed E-state index contributed by atoms with van der Waals surface area (Å²) < 4.78 is 12.7. The van der Waals surface area contributed by atoms with Crippen LogP contribution in [0.5, 0.6) is 11.5 Å². The van der Waals surface area contributed by atoms with Gasteiger partial charge in [0.05, 0.1) is 36.2 Å². The smallest absolute Gasteiger partial charge is 0.269 e. The number of hydrogen-bond donors (Lipinski definition) is 1. The number of pyridine rings is 2. The van der Waals surface area contributed by atoms with Gasteiger partial charge >= 0.3 is 0 Å². The number of carbonyl (C=O) groups excluding carboxylic acids is 1. The summed E-state index contributed by atoms with van der Waals surface area (Å²) in [5.41, 5.74) is 3.21. The Morgan fingerprint density at radius 2 is 1.69 bits per heavy atom. The second-order valence-corrected chi connectivity index (χ2v) is 8.63. The van der Waals surface area contributed by atoms with Gasteiger partial charge in [-0.05, 0) is 36.2 Å². The van der Waals surface area contributed by atoms with Gasteiger partial charge in [-0.2, -0.15) is 0 Å². The highest BCUT2D eigenvalue weighted by molar-refractivity contribution is 6.21. The predicted octanol–water partition coefficient (Wildman–Crippen LogP) is 4.58. The monoisotopic (exact) mass is 477 g/mol. The number of aromatic nitrogens is 2. The van der Waals surface area contributed by atoms with Crippen molar-refractivity contribution in [2.75, 3.05) is 20.8 Å². The summed E-state index contributed by atoms with van der Waals surface area (Å²) in [6, 6.07) is 23.0. The van der Waals surface area contributed by atoms with E-state index in [1.54, 1.807) is 22.6 Å². The SMILES string of the molecule is COc1ccc2c(c1OC)c(=O)n1c3ccccc3c3cc(C(=O)NCCc4ccccc4)nc2c31. The lowest BCUT2D eigenvalue weighted by Gasteiger charge is -2.13. The topological polar surface area (TPSA) is 81.9 Å². The molecule has 0 saturated carbocycles. The number of rotatable bonds is 6. The molecule has 0 aliphatic rings. The minimum Gasteiger partial charge on any atom is -0.493 e. The zero-order valence-corrected chi connectivity index (χ0v) is 19.9. The van der Waals surface area contributed by atoms with Gasteiger partial charge in [0.15, 0.2) is 11.5 Å². The summed E-state index contributed by atoms with van der Waals surface area (Å²) in [6.45, 7) is 0.486. The molecule has 0 bridgehead atoms. The molecule has 0 spiro atoms. The number of para-hydroxylation sites is 1. The van der Waals surface area contributed by atoms with Crippen LogP contribution in [0.1, 0.15) is 16.1 Å². The van der Waals surface area contributed by atoms with Crippen LogP contribution < -0.4 is 20.3 Å². The second-order valence-electron chi connectivity index (χ2n) is 8.63. The minimum atomic E-state index is -0.264. The molecule has 7 heteroatoms. The first-order valence-electron chi connectivity index (χ1n) is 11.7. The first-order chi connectivity index (χ1) is 17.6. The van der Waals surface area contributed by atoms with E-state index in [0.29, 0.717) is 45.5 Å². The van der Waals surface area contributed by atoms with Crippen LogP contribution in [-0.4, -0.2) is 36.1 Å². The molecule has 0 aliphatic heterocycles. The summed E-state index contributed by atoms with van der Waals surface area (Å²) in [4.78, 5) is 31.8. The van der Waals surface area contributed by atoms with Crippen molar-refractivity contribution in [1.82, 2.24) is 14.7 Å². The molecule has 7 nitrogen and oxygen atoms in total. The molecule has 0 atom stereocenters. The van der Waals surface area contributed by atoms with Gasteiger partial charge in [-0.15, -0.1) is 0 Å². The van der Waals surface area contributed by atoms with Crippen molar-refractivity contribution >= 4 is 44.0 Å². The van der Waals surface area contributed by atoms with Crippen molar-refractivity contribution in [1.29, 1.82) is 0 Å². The van der Waals surface area contributed by atoms with Gasteiger partial charge in [-0.1, -0.05) is 48.5 Å². The molecular weight excluding hydrogens is 454 g/mol. The summed E-state index contributed by atoms with van der Waals surface area (Å²) >= 11 is 0. The largest absolute Gasteiger partial charge is 0.493 e. The van der Waals surface area contributed by atoms with E-state index in [9.17, 15) is 9.59 Å². The number of fused-ring (bicyclic) bond motifs is 5. The predicted molar refractivity (Wildman–Crippen MR) is 141 cm³/mol. The zero-order valence-electron chi connectivity index (χ0n) is 19.9. The highest BCUT2D eigenvalue weighted by Crippen LogP contribution is 2.39. The van der Waals surface area contributed by atoms with E-state index in [1.165, 1.54) is 14.2 Å². The molecule has 3 aromatic carbocycles. The van der Waals surface area contributed by atoms with E-state index in [0.717, 1.165) is 28.3 Å². The average molecular weight is 478 g/mol. The van der Waals surface area contributed by atoms with Crippen LogP contribution in [0.4, 0.5) is 0 Å². The molecule has 1 N–H and O–H groups in total. The molecule has 36 heavy (non-hydrogen) atoms. The van der Waals surface area contributed by atoms with Crippen molar-refractivity contribution in [2.45, 2.75) is 6.42 Å². The van der Waals surface area contributed by atoms with Crippen molar-refractivity contribution in [3.8, 4) is 11.5 Å². The average Bonchev–Trinajstić information content (AvgIpc) is 3.26. The number of hydrogen-bond acceptors (Lipinski definition) is 5. The standard InChI is InChI=1S/C29H23N3O4/c1-35-23-13-12-19-24(27(23)36-2)29(34)32-22-11-7-6-10-18(22)20-16-21(31-25(19)26(20)32)28(33)30-15-14-17-8-4-3-5-9-17/h3-13,16H,14-15H2,1-2H3,(H,30,33). The van der Waals surface area contributed by atoms with Crippen molar-refractivity contribution in [2.24, 2.45) is 0 Å². The highest BCUT2D eigenvalue weighted by atomic mass is 16.5. The third-order valence-electron chi connectivity index (χ3n) is 6.64. The Balaban J connectivity index is 1.58. The Bertz CT molecular complexity index is 1830. The molecule has 3 heterocycles. The van der Waals surface area contributed by atoms with Crippen LogP contribution in [-0.2, 0) is 6.42 Å². The van der Waals surface area contributed by atoms with E-state index < -0.39 is 0 Å². The van der Waals surface area contributed by atoms with Gasteiger partial charge in [0, 0.05) is 22.7 Å². The van der Waals surface area contributed by atoms with Gasteiger partial charge in [-0.3, -0.25) is 14.0 Å². The maximum Gasteiger partial charge on any atom is 0.269 e. The van der Waals surface area contributed by atoms with E-state index in [-0.39, 0.29) is 11.5 Å². The van der Waals surface area contributed by atoms with Gasteiger partial charge in [0.1, 0.15) is 5.69 Å². The van der Waals surface area contributed by atoms with Crippen LogP contribution >= 0.6 is 0 Å². The number of nitrogens with zero attached hydrogens (tertiary/aromatic N) is 2. The van der Waals surface area contributed by atoms with E-state index >= 15 is 0 Å². The number of ether oxygens (including phenoxy) is 2. The Morgan fingerprint density at radius 3 is 2.47 bits per heavy atom. The lowest BCUT2D eigenvalue weighted by Crippen LogP contribution is -2.26. The Hall–Kier alpha value is -4.65. The number of methoxy groups -OCH3 is 2. The molecule has 0 fully saturated rings. The third kappa shape index (κ3) is 3.24. The van der Waals surface area contributed by atoms with Gasteiger partial charge < -0.3 is 14.8 Å². The van der Waals surface area contributed by atoms with Gasteiger partial charge in [-0.25, -0.2) is 4.98 Å². The maximum atomic E-state index is 13.8. The van der Waals surface area contributed by atoms with E-state index in [4.69, 9.17) is 14.5 Å². The molecule has 1 amide bonds. The van der Waals surface area contributed by atoms with Crippen LogP contribution in [0.15, 0.2) is 77.6 Å². The van der Waals surface area contributed by atoms with Crippen LogP contribution in [0, 0.1) is 0 Å². The fraction of sp³-hybridized carbons (Fsp3) is 0.138. The molecular formula is C29H23N3O4. The lowest BCUT2D eigenvalue weighted by molar-refractivity contribution is 0.0949. The summed E-state index contributed by atoms with van der Waals surface area (Å²) in [5, 5.41) is 5.64. The summed E-state index contributed by atoms with van der Waals surface area (Å²) in [7, 11) is 3.04. The lowest BCUT2D eigenvalue weighted by atomic mass is 10.1. The van der Waals surface area contributed by atoms with Crippen LogP contribution in [0.2, 0.25) is 0 Å². The quantitative estimate of drug-likeness (QED) is 0.355. The van der Waals surface area contributed by atoms with Crippen LogP contribution in [0.3, 0.4) is 0 Å². The Labute approximate surface area is 206 Å². The molecule has 0 saturated heterocycles. The minimum absolute atomic E-state index is 0.221. The molecule has 6 rings (SSSR count). The van der Waals surface area contributed by atoms with Crippen LogP contribution in [0.25, 0.3) is 38.1 Å². The Kier molecular flexibility index (Phi) is 5.18. The first-order valence-corrected chi connectivity index (χ1v) is 11.7. The van der Waals surface area contributed by atoms with Crippen molar-refractivity contribution < 1.29 is 14.3 Å². The highest BCUT2D eigenvalue weighted by Gasteiger charge is 2.24. The summed E-state index contributed by atoms with van der Waals surface area (Å²) in [6.07, 6.45) is 0.718. The van der Waals surface area contributed by atoms with Crippen molar-refractivity contribution in [3.05, 3.63) is 94.4 Å². The fourth-order valence-corrected chi connectivity index (χ4v) is 5.01. The fourth-order valence-electron chi connectivity index (χ4n) is 5.01. The summed E-state index contributed by atoms with van der Waals surface area (Å²) in [5.74, 6) is 0.534.